The van der Waals surface area contributed by atoms with Crippen molar-refractivity contribution in [1.29, 1.82) is 0 Å². The molecule has 190 valence electrons. The number of carbonyl (C=O) groups excluding carboxylic acids is 2. The lowest BCUT2D eigenvalue weighted by atomic mass is 10.0. The molecule has 0 radical (unpaired) electrons. The predicted molar refractivity (Wildman–Crippen MR) is 135 cm³/mol. The van der Waals surface area contributed by atoms with E-state index in [1.807, 2.05) is 0 Å². The average molecular weight is 560 g/mol. The molecule has 37 heavy (non-hydrogen) atoms. The highest BCUT2D eigenvalue weighted by atomic mass is 32.2. The number of rotatable bonds is 10. The molecular weight excluding hydrogens is 542 g/mol. The second-order valence-electron chi connectivity index (χ2n) is 7.22. The van der Waals surface area contributed by atoms with Crippen molar-refractivity contribution >= 4 is 63.5 Å². The molecule has 1 fully saturated rings. The Morgan fingerprint density at radius 3 is 2.89 bits per heavy atom. The molecular formula is C20H17N9O5S3. The number of carbonyl (C=O) groups is 3. The van der Waals surface area contributed by atoms with Gasteiger partial charge >= 0.3 is 5.97 Å². The summed E-state index contributed by atoms with van der Waals surface area (Å²) in [6.45, 7) is -0.0246. The molecule has 2 atom stereocenters. The van der Waals surface area contributed by atoms with E-state index in [2.05, 4.69) is 42.8 Å². The highest BCUT2D eigenvalue weighted by molar-refractivity contribution is 8.01. The normalized spacial score (nSPS) is 18.9. The fourth-order valence-corrected chi connectivity index (χ4v) is 6.29. The molecule has 2 aromatic heterocycles. The van der Waals surface area contributed by atoms with E-state index in [1.165, 1.54) is 33.6 Å². The number of nitrogens with zero attached hydrogens (tertiary/aromatic N) is 7. The first-order valence-electron chi connectivity index (χ1n) is 10.2. The van der Waals surface area contributed by atoms with Crippen molar-refractivity contribution in [3.8, 4) is 24.7 Å². The molecule has 0 saturated carbocycles. The van der Waals surface area contributed by atoms with E-state index in [0.717, 1.165) is 16.2 Å². The number of oxime groups is 1. The fraction of sp³-hybridized carbons (Fsp3) is 0.300. The Kier molecular flexibility index (Phi) is 7.97. The van der Waals surface area contributed by atoms with Gasteiger partial charge in [-0.05, 0) is 16.0 Å². The van der Waals surface area contributed by atoms with Crippen LogP contribution in [0.25, 0.3) is 0 Å². The standard InChI is InChI=1S/C20H17N9O5S3/c1-3-5-28-20(24-26-27-28)37-8-10-7-35-17-13(16(31)29(17)14(10)18(32)33)23-15(30)12(25-34-6-4-2)11-9-36-19(21)22-11/h1-2,9,13,17H,5-8H2,(H2,21,22)(H,23,30)(H,32,33)/b25-12+/t13?,17-/m1/s1. The molecule has 14 nitrogen and oxygen atoms in total. The topological polar surface area (TPSA) is 191 Å². The molecule has 17 heteroatoms. The second kappa shape index (κ2) is 11.3. The Morgan fingerprint density at radius 2 is 2.22 bits per heavy atom. The van der Waals surface area contributed by atoms with Gasteiger partial charge in [0.15, 0.2) is 17.5 Å². The number of nitrogen functional groups attached to an aromatic ring is 1. The van der Waals surface area contributed by atoms with Crippen LogP contribution in [0.3, 0.4) is 0 Å². The van der Waals surface area contributed by atoms with Gasteiger partial charge < -0.3 is 21.0 Å². The van der Waals surface area contributed by atoms with Crippen molar-refractivity contribution in [2.75, 3.05) is 23.8 Å². The highest BCUT2D eigenvalue weighted by Gasteiger charge is 2.54. The van der Waals surface area contributed by atoms with Crippen LogP contribution in [0.15, 0.2) is 27.0 Å². The van der Waals surface area contributed by atoms with Crippen molar-refractivity contribution in [3.63, 3.8) is 0 Å². The van der Waals surface area contributed by atoms with E-state index < -0.39 is 29.2 Å². The minimum absolute atomic E-state index is 0.138. The molecule has 0 aliphatic carbocycles. The average Bonchev–Trinajstić information content (AvgIpc) is 3.51. The number of thiazole rings is 1. The zero-order valence-electron chi connectivity index (χ0n) is 18.7. The lowest BCUT2D eigenvalue weighted by Gasteiger charge is -2.49. The number of terminal acetylenes is 2. The third-order valence-electron chi connectivity index (χ3n) is 4.94. The Hall–Kier alpha value is -4.06. The van der Waals surface area contributed by atoms with E-state index in [1.54, 1.807) is 0 Å². The first-order chi connectivity index (χ1) is 17.8. The summed E-state index contributed by atoms with van der Waals surface area (Å²) in [5.74, 6) is 2.60. The Labute approximate surface area is 222 Å². The molecule has 4 heterocycles. The predicted octanol–water partition coefficient (Wildman–Crippen LogP) is -0.770. The zero-order valence-corrected chi connectivity index (χ0v) is 21.2. The number of aromatic nitrogens is 5. The smallest absolute Gasteiger partial charge is 0.352 e. The van der Waals surface area contributed by atoms with Crippen LogP contribution >= 0.6 is 34.9 Å². The molecule has 1 saturated heterocycles. The Morgan fingerprint density at radius 1 is 1.41 bits per heavy atom. The second-order valence-corrected chi connectivity index (χ2v) is 10.2. The van der Waals surface area contributed by atoms with E-state index in [9.17, 15) is 19.5 Å². The molecule has 4 rings (SSSR count). The third kappa shape index (κ3) is 5.38. The summed E-state index contributed by atoms with van der Waals surface area (Å²) in [5, 5.41) is 29.0. The van der Waals surface area contributed by atoms with Gasteiger partial charge in [0.05, 0.1) is 0 Å². The highest BCUT2D eigenvalue weighted by Crippen LogP contribution is 2.41. The first kappa shape index (κ1) is 26.0. The number of nitrogens with two attached hydrogens (primary N) is 1. The van der Waals surface area contributed by atoms with Gasteiger partial charge in [-0.1, -0.05) is 28.8 Å². The molecule has 4 N–H and O–H groups in total. The van der Waals surface area contributed by atoms with Crippen LogP contribution in [0.4, 0.5) is 5.13 Å². The SMILES string of the molecule is C#CCO/N=C(/C(=O)NC1C(=O)N2C(C(=O)O)=C(CSc3nnnn3CC#C)CS[C@H]12)c1csc(N)n1. The maximum Gasteiger partial charge on any atom is 0.352 e. The molecule has 2 aliphatic heterocycles. The molecule has 2 aliphatic rings. The van der Waals surface area contributed by atoms with Crippen molar-refractivity contribution < 1.29 is 24.3 Å². The molecule has 2 amide bonds. The number of carboxylic acids is 1. The first-order valence-corrected chi connectivity index (χ1v) is 13.1. The van der Waals surface area contributed by atoms with Crippen molar-refractivity contribution in [2.45, 2.75) is 23.1 Å². The maximum atomic E-state index is 13.0. The zero-order chi connectivity index (χ0) is 26.5. The molecule has 2 aromatic rings. The van der Waals surface area contributed by atoms with Crippen LogP contribution in [-0.4, -0.2) is 88.2 Å². The number of anilines is 1. The summed E-state index contributed by atoms with van der Waals surface area (Å²) in [6, 6.07) is -0.988. The number of nitrogens with one attached hydrogen (secondary N) is 1. The van der Waals surface area contributed by atoms with Gasteiger partial charge in [-0.3, -0.25) is 14.5 Å². The largest absolute Gasteiger partial charge is 0.477 e. The Balaban J connectivity index is 1.49. The number of hydrogen-bond donors (Lipinski definition) is 3. The van der Waals surface area contributed by atoms with Gasteiger partial charge in [-0.2, -0.15) is 0 Å². The molecule has 0 aromatic carbocycles. The van der Waals surface area contributed by atoms with Crippen molar-refractivity contribution in [1.82, 2.24) is 35.4 Å². The van der Waals surface area contributed by atoms with Crippen molar-refractivity contribution in [2.24, 2.45) is 5.16 Å². The Bertz CT molecular complexity index is 1390. The minimum Gasteiger partial charge on any atom is -0.477 e. The summed E-state index contributed by atoms with van der Waals surface area (Å²) in [5.41, 5.74) is 5.96. The van der Waals surface area contributed by atoms with E-state index in [-0.39, 0.29) is 41.1 Å². The van der Waals surface area contributed by atoms with Crippen LogP contribution < -0.4 is 11.1 Å². The number of hydrogen-bond acceptors (Lipinski definition) is 13. The maximum absolute atomic E-state index is 13.0. The number of tetrazole rings is 1. The van der Waals surface area contributed by atoms with Crippen molar-refractivity contribution in [3.05, 3.63) is 22.3 Å². The number of amides is 2. The van der Waals surface area contributed by atoms with E-state index >= 15 is 0 Å². The van der Waals surface area contributed by atoms with Gasteiger partial charge in [-0.25, -0.2) is 14.5 Å². The quantitative estimate of drug-likeness (QED) is 0.0824. The van der Waals surface area contributed by atoms with Gasteiger partial charge in [-0.15, -0.1) is 41.0 Å². The number of aliphatic carboxylic acids is 1. The van der Waals surface area contributed by atoms with Gasteiger partial charge in [0.25, 0.3) is 11.8 Å². The van der Waals surface area contributed by atoms with Crippen LogP contribution in [0.5, 0.6) is 0 Å². The number of carboxylic acid groups (broad SMARTS) is 1. The molecule has 0 spiro atoms. The number of β-lactam (4-membered cyclic amide) rings is 1. The fourth-order valence-electron chi connectivity index (χ4n) is 3.38. The van der Waals surface area contributed by atoms with Gasteiger partial charge in [0, 0.05) is 16.9 Å². The monoisotopic (exact) mass is 559 g/mol. The summed E-state index contributed by atoms with van der Waals surface area (Å²) in [6.07, 6.45) is 10.5. The third-order valence-corrected chi connectivity index (χ3v) is 7.99. The van der Waals surface area contributed by atoms with Gasteiger partial charge in [0.1, 0.15) is 29.4 Å². The molecule has 0 bridgehead atoms. The molecule has 1 unspecified atom stereocenters. The summed E-state index contributed by atoms with van der Waals surface area (Å²) < 4.78 is 1.41. The summed E-state index contributed by atoms with van der Waals surface area (Å²) in [4.78, 5) is 48.2. The van der Waals surface area contributed by atoms with Gasteiger partial charge in [0.2, 0.25) is 5.16 Å². The van der Waals surface area contributed by atoms with Crippen LogP contribution in [-0.2, 0) is 25.8 Å². The minimum atomic E-state index is -1.26. The lowest BCUT2D eigenvalue weighted by Crippen LogP contribution is -2.71. The lowest BCUT2D eigenvalue weighted by molar-refractivity contribution is -0.150. The summed E-state index contributed by atoms with van der Waals surface area (Å²) in [7, 11) is 0. The van der Waals surface area contributed by atoms with Crippen LogP contribution in [0, 0.1) is 24.7 Å². The van der Waals surface area contributed by atoms with Crippen LogP contribution in [0.2, 0.25) is 0 Å². The number of fused-ring (bicyclic) bond motifs is 1. The van der Waals surface area contributed by atoms with Crippen LogP contribution in [0.1, 0.15) is 5.69 Å². The van der Waals surface area contributed by atoms with E-state index in [4.69, 9.17) is 23.4 Å². The summed E-state index contributed by atoms with van der Waals surface area (Å²) >= 11 is 3.61. The van der Waals surface area contributed by atoms with E-state index in [0.29, 0.717) is 16.5 Å². The number of thioether (sulfide) groups is 2.